The van der Waals surface area contributed by atoms with Gasteiger partial charge in [-0.1, -0.05) is 49.4 Å². The van der Waals surface area contributed by atoms with E-state index in [0.29, 0.717) is 12.8 Å². The summed E-state index contributed by atoms with van der Waals surface area (Å²) in [4.78, 5) is 12.1. The number of aliphatic hydroxyl groups excluding tert-OH is 2. The third-order valence-electron chi connectivity index (χ3n) is 6.72. The molecule has 160 valence electrons. The molecule has 0 radical (unpaired) electrons. The summed E-state index contributed by atoms with van der Waals surface area (Å²) in [5, 5.41) is 21.2. The highest BCUT2D eigenvalue weighted by Crippen LogP contribution is 2.43. The Balaban J connectivity index is 1.53. The second-order valence-electron chi connectivity index (χ2n) is 8.90. The van der Waals surface area contributed by atoms with E-state index in [1.54, 1.807) is 0 Å². The van der Waals surface area contributed by atoms with Crippen molar-refractivity contribution < 1.29 is 19.7 Å². The van der Waals surface area contributed by atoms with Crippen molar-refractivity contribution in [3.05, 3.63) is 48.0 Å². The summed E-state index contributed by atoms with van der Waals surface area (Å²) in [6.45, 7) is 2.17. The largest absolute Gasteiger partial charge is 0.462 e. The van der Waals surface area contributed by atoms with Gasteiger partial charge in [-0.05, 0) is 62.3 Å². The summed E-state index contributed by atoms with van der Waals surface area (Å²) >= 11 is 0. The maximum Gasteiger partial charge on any atom is 0.306 e. The first-order valence-electron chi connectivity index (χ1n) is 11.3. The molecule has 0 amide bonds. The smallest absolute Gasteiger partial charge is 0.306 e. The first-order chi connectivity index (χ1) is 14.0. The quantitative estimate of drug-likeness (QED) is 0.525. The number of hydrogen-bond donors (Lipinski definition) is 2. The van der Waals surface area contributed by atoms with E-state index in [0.717, 1.165) is 44.9 Å². The Labute approximate surface area is 175 Å². The van der Waals surface area contributed by atoms with Crippen LogP contribution >= 0.6 is 0 Å². The monoisotopic (exact) mass is 400 g/mol. The van der Waals surface area contributed by atoms with Crippen molar-refractivity contribution >= 4 is 5.97 Å². The molecule has 3 rings (SSSR count). The normalized spacial score (nSPS) is 30.8. The van der Waals surface area contributed by atoms with E-state index in [9.17, 15) is 15.0 Å². The number of esters is 1. The third kappa shape index (κ3) is 6.42. The van der Waals surface area contributed by atoms with E-state index in [1.807, 2.05) is 18.2 Å². The fourth-order valence-electron chi connectivity index (χ4n) is 5.08. The Kier molecular flexibility index (Phi) is 8.31. The topological polar surface area (TPSA) is 66.8 Å². The summed E-state index contributed by atoms with van der Waals surface area (Å²) in [5.74, 6) is 0.423. The summed E-state index contributed by atoms with van der Waals surface area (Å²) in [6, 6.07) is 10.3. The standard InChI is InChI=1S/C25H36O4/c1-18(13-15-20(26)16-14-19-9-5-4-6-10-19)25-21-11-7-2-3-8-12-24(28)29-23(21)17-22(25)27/h2,4-7,9-10,18,20-23,25-27H,3,8,11-17H2,1H3/b7-2-/t18-,20+,21-,22+,23-,25+/m0/s1. The molecule has 1 aliphatic heterocycles. The average Bonchev–Trinajstić information content (AvgIpc) is 3.02. The van der Waals surface area contributed by atoms with Gasteiger partial charge in [0.05, 0.1) is 12.2 Å². The number of ether oxygens (including phenoxy) is 1. The second-order valence-corrected chi connectivity index (χ2v) is 8.90. The molecule has 1 aromatic rings. The lowest BCUT2D eigenvalue weighted by atomic mass is 9.78. The minimum Gasteiger partial charge on any atom is -0.462 e. The molecule has 1 heterocycles. The van der Waals surface area contributed by atoms with Crippen LogP contribution in [0.3, 0.4) is 0 Å². The number of rotatable bonds is 7. The summed E-state index contributed by atoms with van der Waals surface area (Å²) in [7, 11) is 0. The Morgan fingerprint density at radius 1 is 1.14 bits per heavy atom. The van der Waals surface area contributed by atoms with Crippen molar-refractivity contribution in [1.29, 1.82) is 0 Å². The highest BCUT2D eigenvalue weighted by atomic mass is 16.5. The SMILES string of the molecule is C[C@@H](CC[C@@H](O)CCc1ccccc1)[C@@H]1[C@H]2C/C=C\CCCC(=O)O[C@H]2C[C@H]1O. The van der Waals surface area contributed by atoms with Crippen LogP contribution in [0.15, 0.2) is 42.5 Å². The van der Waals surface area contributed by atoms with E-state index >= 15 is 0 Å². The second kappa shape index (κ2) is 10.9. The molecule has 1 aliphatic carbocycles. The van der Waals surface area contributed by atoms with Gasteiger partial charge in [0.15, 0.2) is 0 Å². The zero-order valence-electron chi connectivity index (χ0n) is 17.6. The Hall–Kier alpha value is -1.65. The lowest BCUT2D eigenvalue weighted by Gasteiger charge is -2.30. The molecular formula is C25H36O4. The molecule has 0 spiro atoms. The molecular weight excluding hydrogens is 364 g/mol. The molecule has 6 atom stereocenters. The minimum atomic E-state index is -0.441. The molecule has 4 heteroatoms. The van der Waals surface area contributed by atoms with E-state index in [4.69, 9.17) is 4.74 Å². The highest BCUT2D eigenvalue weighted by molar-refractivity contribution is 5.69. The van der Waals surface area contributed by atoms with Gasteiger partial charge in [0.25, 0.3) is 0 Å². The summed E-state index contributed by atoms with van der Waals surface area (Å²) in [5.41, 5.74) is 1.25. The summed E-state index contributed by atoms with van der Waals surface area (Å²) < 4.78 is 5.73. The van der Waals surface area contributed by atoms with E-state index in [-0.39, 0.29) is 35.9 Å². The van der Waals surface area contributed by atoms with Gasteiger partial charge in [-0.15, -0.1) is 0 Å². The minimum absolute atomic E-state index is 0.109. The first-order valence-corrected chi connectivity index (χ1v) is 11.3. The zero-order chi connectivity index (χ0) is 20.6. The number of carbonyl (C=O) groups is 1. The van der Waals surface area contributed by atoms with Crippen LogP contribution in [0.5, 0.6) is 0 Å². The molecule has 2 aliphatic rings. The van der Waals surface area contributed by atoms with Crippen molar-refractivity contribution in [3.8, 4) is 0 Å². The zero-order valence-corrected chi connectivity index (χ0v) is 17.6. The molecule has 29 heavy (non-hydrogen) atoms. The van der Waals surface area contributed by atoms with Crippen molar-refractivity contribution in [2.45, 2.75) is 83.0 Å². The van der Waals surface area contributed by atoms with Gasteiger partial charge in [-0.25, -0.2) is 0 Å². The number of aliphatic hydroxyl groups is 2. The molecule has 4 nitrogen and oxygen atoms in total. The molecule has 0 saturated heterocycles. The molecule has 2 N–H and O–H groups in total. The van der Waals surface area contributed by atoms with Gasteiger partial charge in [0.1, 0.15) is 6.10 Å². The van der Waals surface area contributed by atoms with E-state index < -0.39 is 6.10 Å². The van der Waals surface area contributed by atoms with E-state index in [2.05, 4.69) is 31.2 Å². The van der Waals surface area contributed by atoms with Crippen molar-refractivity contribution in [3.63, 3.8) is 0 Å². The van der Waals surface area contributed by atoms with Gasteiger partial charge >= 0.3 is 5.97 Å². The fraction of sp³-hybridized carbons (Fsp3) is 0.640. The van der Waals surface area contributed by atoms with Gasteiger partial charge in [0.2, 0.25) is 0 Å². The van der Waals surface area contributed by atoms with Gasteiger partial charge < -0.3 is 14.9 Å². The van der Waals surface area contributed by atoms with Crippen molar-refractivity contribution in [2.75, 3.05) is 0 Å². The predicted molar refractivity (Wildman–Crippen MR) is 114 cm³/mol. The molecule has 1 saturated carbocycles. The van der Waals surface area contributed by atoms with Crippen LogP contribution in [0.2, 0.25) is 0 Å². The van der Waals surface area contributed by atoms with Gasteiger partial charge in [-0.2, -0.15) is 0 Å². The molecule has 0 aromatic heterocycles. The molecule has 1 fully saturated rings. The fourth-order valence-corrected chi connectivity index (χ4v) is 5.08. The first kappa shape index (κ1) is 22.0. The number of benzene rings is 1. The Bertz CT molecular complexity index is 656. The van der Waals surface area contributed by atoms with Crippen LogP contribution in [0.4, 0.5) is 0 Å². The molecule has 0 bridgehead atoms. The number of fused-ring (bicyclic) bond motifs is 1. The van der Waals surface area contributed by atoms with Crippen LogP contribution in [0.1, 0.15) is 63.9 Å². The predicted octanol–water partition coefficient (Wildman–Crippen LogP) is 4.44. The summed E-state index contributed by atoms with van der Waals surface area (Å²) in [6.07, 6.45) is 10.2. The van der Waals surface area contributed by atoms with Crippen molar-refractivity contribution in [2.24, 2.45) is 17.8 Å². The number of allylic oxidation sites excluding steroid dienone is 2. The lowest BCUT2D eigenvalue weighted by Crippen LogP contribution is -2.30. The molecule has 1 aromatic carbocycles. The number of aryl methyl sites for hydroxylation is 1. The van der Waals surface area contributed by atoms with Crippen LogP contribution in [-0.2, 0) is 16.0 Å². The van der Waals surface area contributed by atoms with Crippen LogP contribution in [0.25, 0.3) is 0 Å². The third-order valence-corrected chi connectivity index (χ3v) is 6.72. The Morgan fingerprint density at radius 2 is 1.93 bits per heavy atom. The number of hydrogen-bond acceptors (Lipinski definition) is 4. The van der Waals surface area contributed by atoms with Crippen LogP contribution in [-0.4, -0.2) is 34.5 Å². The van der Waals surface area contributed by atoms with Crippen molar-refractivity contribution in [1.82, 2.24) is 0 Å². The maximum atomic E-state index is 12.1. The van der Waals surface area contributed by atoms with E-state index in [1.165, 1.54) is 5.56 Å². The highest BCUT2D eigenvalue weighted by Gasteiger charge is 2.46. The van der Waals surface area contributed by atoms with Gasteiger partial charge in [0, 0.05) is 18.8 Å². The molecule has 0 unspecified atom stereocenters. The Morgan fingerprint density at radius 3 is 2.72 bits per heavy atom. The number of carbonyl (C=O) groups excluding carboxylic acids is 1. The van der Waals surface area contributed by atoms with Gasteiger partial charge in [-0.3, -0.25) is 4.79 Å². The van der Waals surface area contributed by atoms with Crippen LogP contribution < -0.4 is 0 Å². The van der Waals surface area contributed by atoms with Crippen LogP contribution in [0, 0.1) is 17.8 Å². The maximum absolute atomic E-state index is 12.1. The lowest BCUT2D eigenvalue weighted by molar-refractivity contribution is -0.151. The average molecular weight is 401 g/mol.